The van der Waals surface area contributed by atoms with Crippen LogP contribution in [0.5, 0.6) is 5.75 Å². The fourth-order valence-electron chi connectivity index (χ4n) is 1.95. The number of carbonyl (C=O) groups is 1. The van der Waals surface area contributed by atoms with E-state index in [-0.39, 0.29) is 22.8 Å². The molecule has 1 aromatic heterocycles. The Morgan fingerprint density at radius 2 is 2.19 bits per heavy atom. The molecule has 0 saturated carbocycles. The summed E-state index contributed by atoms with van der Waals surface area (Å²) in [4.78, 5) is 16.3. The molecule has 21 heavy (non-hydrogen) atoms. The Bertz CT molecular complexity index is 705. The Balaban J connectivity index is 1.96. The molecule has 0 aliphatic rings. The smallest absolute Gasteiger partial charge is 0.251 e. The second-order valence-corrected chi connectivity index (χ2v) is 4.66. The third kappa shape index (κ3) is 4.05. The lowest BCUT2D eigenvalue weighted by Gasteiger charge is -2.06. The summed E-state index contributed by atoms with van der Waals surface area (Å²) < 4.78 is 0. The summed E-state index contributed by atoms with van der Waals surface area (Å²) in [5.41, 5.74) is 2.36. The molecule has 0 atom stereocenters. The van der Waals surface area contributed by atoms with Gasteiger partial charge in [-0.2, -0.15) is 5.26 Å². The zero-order valence-corrected chi connectivity index (χ0v) is 11.6. The molecule has 5 nitrogen and oxygen atoms in total. The monoisotopic (exact) mass is 281 g/mol. The van der Waals surface area contributed by atoms with Gasteiger partial charge in [0.15, 0.2) is 0 Å². The molecule has 1 amide bonds. The Morgan fingerprint density at radius 3 is 2.90 bits per heavy atom. The van der Waals surface area contributed by atoms with E-state index in [1.54, 1.807) is 0 Å². The Morgan fingerprint density at radius 1 is 1.38 bits per heavy atom. The highest BCUT2D eigenvalue weighted by atomic mass is 16.3. The van der Waals surface area contributed by atoms with E-state index in [2.05, 4.69) is 10.3 Å². The highest BCUT2D eigenvalue weighted by molar-refractivity contribution is 5.95. The van der Waals surface area contributed by atoms with Gasteiger partial charge < -0.3 is 10.4 Å². The number of phenols is 1. The fraction of sp³-hybridized carbons (Fsp3) is 0.188. The molecule has 0 spiro atoms. The first kappa shape index (κ1) is 14.5. The standard InChI is InChI=1S/C16H15N3O2/c1-11-3-2-4-14(19-11)5-6-18-16(21)13-7-12(10-17)8-15(20)9-13/h2-4,7-9,20H,5-6H2,1H3,(H,18,21). The molecule has 0 radical (unpaired) electrons. The van der Waals surface area contributed by atoms with Crippen molar-refractivity contribution in [2.45, 2.75) is 13.3 Å². The van der Waals surface area contributed by atoms with Crippen LogP contribution >= 0.6 is 0 Å². The first-order valence-electron chi connectivity index (χ1n) is 6.53. The molecule has 0 fully saturated rings. The van der Waals surface area contributed by atoms with Crippen LogP contribution in [-0.2, 0) is 6.42 Å². The molecule has 2 aromatic rings. The molecule has 106 valence electrons. The predicted octanol–water partition coefficient (Wildman–Crippen LogP) is 1.94. The molecule has 0 bridgehead atoms. The largest absolute Gasteiger partial charge is 0.508 e. The number of aromatic hydroxyl groups is 1. The third-order valence-corrected chi connectivity index (χ3v) is 2.92. The molecular formula is C16H15N3O2. The number of aromatic nitrogens is 1. The van der Waals surface area contributed by atoms with Crippen molar-refractivity contribution in [2.75, 3.05) is 6.54 Å². The van der Waals surface area contributed by atoms with Crippen LogP contribution < -0.4 is 5.32 Å². The van der Waals surface area contributed by atoms with E-state index in [1.807, 2.05) is 31.2 Å². The number of benzene rings is 1. The van der Waals surface area contributed by atoms with E-state index in [1.165, 1.54) is 18.2 Å². The van der Waals surface area contributed by atoms with Gasteiger partial charge in [0.05, 0.1) is 11.6 Å². The number of carbonyl (C=O) groups excluding carboxylic acids is 1. The van der Waals surface area contributed by atoms with Crippen LogP contribution in [0.1, 0.15) is 27.3 Å². The molecule has 0 aliphatic carbocycles. The van der Waals surface area contributed by atoms with Gasteiger partial charge in [0.2, 0.25) is 0 Å². The van der Waals surface area contributed by atoms with Gasteiger partial charge in [0.1, 0.15) is 5.75 Å². The highest BCUT2D eigenvalue weighted by Gasteiger charge is 2.08. The summed E-state index contributed by atoms with van der Waals surface area (Å²) >= 11 is 0. The van der Waals surface area contributed by atoms with Crippen LogP contribution in [-0.4, -0.2) is 22.5 Å². The number of hydrogen-bond acceptors (Lipinski definition) is 4. The zero-order chi connectivity index (χ0) is 15.2. The molecule has 0 unspecified atom stereocenters. The number of nitrogens with one attached hydrogen (secondary N) is 1. The fourth-order valence-corrected chi connectivity index (χ4v) is 1.95. The molecule has 1 aromatic carbocycles. The Labute approximate surface area is 122 Å². The van der Waals surface area contributed by atoms with E-state index in [4.69, 9.17) is 5.26 Å². The van der Waals surface area contributed by atoms with E-state index >= 15 is 0 Å². The maximum atomic E-state index is 12.0. The van der Waals surface area contributed by atoms with Crippen molar-refractivity contribution < 1.29 is 9.90 Å². The van der Waals surface area contributed by atoms with Gasteiger partial charge in [-0.1, -0.05) is 6.07 Å². The molecule has 1 heterocycles. The van der Waals surface area contributed by atoms with Crippen molar-refractivity contribution in [2.24, 2.45) is 0 Å². The average Bonchev–Trinajstić information content (AvgIpc) is 2.46. The summed E-state index contributed by atoms with van der Waals surface area (Å²) in [6.07, 6.45) is 0.622. The van der Waals surface area contributed by atoms with Crippen LogP contribution in [0.2, 0.25) is 0 Å². The van der Waals surface area contributed by atoms with E-state index < -0.39 is 0 Å². The number of rotatable bonds is 4. The molecular weight excluding hydrogens is 266 g/mol. The highest BCUT2D eigenvalue weighted by Crippen LogP contribution is 2.15. The minimum atomic E-state index is -0.324. The first-order chi connectivity index (χ1) is 10.1. The van der Waals surface area contributed by atoms with Crippen molar-refractivity contribution in [1.82, 2.24) is 10.3 Å². The molecule has 5 heteroatoms. The minimum Gasteiger partial charge on any atom is -0.508 e. The minimum absolute atomic E-state index is 0.0976. The molecule has 2 rings (SSSR count). The van der Waals surface area contributed by atoms with Crippen LogP contribution in [0.4, 0.5) is 0 Å². The van der Waals surface area contributed by atoms with Crippen molar-refractivity contribution in [3.63, 3.8) is 0 Å². The van der Waals surface area contributed by atoms with Gasteiger partial charge in [0.25, 0.3) is 5.91 Å². The Kier molecular flexibility index (Phi) is 4.52. The summed E-state index contributed by atoms with van der Waals surface area (Å²) in [6, 6.07) is 11.7. The van der Waals surface area contributed by atoms with Crippen molar-refractivity contribution in [1.29, 1.82) is 5.26 Å². The van der Waals surface area contributed by atoms with E-state index in [9.17, 15) is 9.90 Å². The second kappa shape index (κ2) is 6.53. The van der Waals surface area contributed by atoms with Gasteiger partial charge >= 0.3 is 0 Å². The quantitative estimate of drug-likeness (QED) is 0.896. The third-order valence-electron chi connectivity index (χ3n) is 2.92. The summed E-state index contributed by atoms with van der Waals surface area (Å²) in [6.45, 7) is 2.35. The zero-order valence-electron chi connectivity index (χ0n) is 11.6. The number of nitrogens with zero attached hydrogens (tertiary/aromatic N) is 2. The number of aryl methyl sites for hydroxylation is 1. The topological polar surface area (TPSA) is 86.0 Å². The van der Waals surface area contributed by atoms with Crippen LogP contribution in [0.25, 0.3) is 0 Å². The van der Waals surface area contributed by atoms with Crippen molar-refractivity contribution in [3.8, 4) is 11.8 Å². The lowest BCUT2D eigenvalue weighted by molar-refractivity contribution is 0.0953. The second-order valence-electron chi connectivity index (χ2n) is 4.66. The normalized spacial score (nSPS) is 9.90. The maximum Gasteiger partial charge on any atom is 0.251 e. The lowest BCUT2D eigenvalue weighted by atomic mass is 10.1. The molecule has 0 saturated heterocycles. The maximum absolute atomic E-state index is 12.0. The van der Waals surface area contributed by atoms with Gasteiger partial charge in [-0.25, -0.2) is 0 Å². The van der Waals surface area contributed by atoms with Crippen molar-refractivity contribution >= 4 is 5.91 Å². The molecule has 2 N–H and O–H groups in total. The number of pyridine rings is 1. The van der Waals surface area contributed by atoms with Gasteiger partial charge in [-0.15, -0.1) is 0 Å². The van der Waals surface area contributed by atoms with Crippen LogP contribution in [0, 0.1) is 18.3 Å². The summed E-state index contributed by atoms with van der Waals surface area (Å²) in [7, 11) is 0. The van der Waals surface area contributed by atoms with Gasteiger partial charge in [-0.3, -0.25) is 9.78 Å². The number of phenolic OH excluding ortho intramolecular Hbond substituents is 1. The SMILES string of the molecule is Cc1cccc(CCNC(=O)c2cc(O)cc(C#N)c2)n1. The Hall–Kier alpha value is -2.87. The van der Waals surface area contributed by atoms with E-state index in [0.29, 0.717) is 13.0 Å². The number of amides is 1. The average molecular weight is 281 g/mol. The van der Waals surface area contributed by atoms with Crippen LogP contribution in [0.15, 0.2) is 36.4 Å². The first-order valence-corrected chi connectivity index (χ1v) is 6.53. The number of nitriles is 1. The van der Waals surface area contributed by atoms with Gasteiger partial charge in [0, 0.05) is 29.9 Å². The predicted molar refractivity (Wildman–Crippen MR) is 77.8 cm³/mol. The lowest BCUT2D eigenvalue weighted by Crippen LogP contribution is -2.26. The number of hydrogen-bond donors (Lipinski definition) is 2. The van der Waals surface area contributed by atoms with E-state index in [0.717, 1.165) is 11.4 Å². The van der Waals surface area contributed by atoms with Crippen molar-refractivity contribution in [3.05, 3.63) is 58.9 Å². The summed E-state index contributed by atoms with van der Waals surface area (Å²) in [5.74, 6) is -0.422. The molecule has 0 aliphatic heterocycles. The van der Waals surface area contributed by atoms with Crippen LogP contribution in [0.3, 0.4) is 0 Å². The summed E-state index contributed by atoms with van der Waals surface area (Å²) in [5, 5.41) is 21.0. The van der Waals surface area contributed by atoms with Gasteiger partial charge in [-0.05, 0) is 37.3 Å².